The highest BCUT2D eigenvalue weighted by Gasteiger charge is 2.14. The molecule has 0 bridgehead atoms. The molecule has 15 heavy (non-hydrogen) atoms. The third-order valence-corrected chi connectivity index (χ3v) is 2.76. The summed E-state index contributed by atoms with van der Waals surface area (Å²) in [5.74, 6) is 1.16. The van der Waals surface area contributed by atoms with Gasteiger partial charge in [-0.15, -0.1) is 0 Å². The normalized spacial score (nSPS) is 14.4. The Hall–Kier alpha value is -1.77. The summed E-state index contributed by atoms with van der Waals surface area (Å²) < 4.78 is 2.05. The molecule has 0 aliphatic carbocycles. The van der Waals surface area contributed by atoms with E-state index in [-0.39, 0.29) is 0 Å². The number of nitrogens with zero attached hydrogens (tertiary/aromatic N) is 2. The van der Waals surface area contributed by atoms with Crippen molar-refractivity contribution >= 4 is 5.82 Å². The number of aromatic nitrogens is 2. The maximum Gasteiger partial charge on any atom is 0.132 e. The van der Waals surface area contributed by atoms with Crippen molar-refractivity contribution in [3.05, 3.63) is 36.5 Å². The SMILES string of the molecule is c1ccc(-c2cnn3c2NCCC3)cc1. The number of benzene rings is 1. The van der Waals surface area contributed by atoms with Gasteiger partial charge in [-0.1, -0.05) is 30.3 Å². The number of hydrogen-bond donors (Lipinski definition) is 1. The fraction of sp³-hybridized carbons (Fsp3) is 0.250. The number of fused-ring (bicyclic) bond motifs is 1. The van der Waals surface area contributed by atoms with Crippen molar-refractivity contribution in [2.45, 2.75) is 13.0 Å². The quantitative estimate of drug-likeness (QED) is 0.764. The van der Waals surface area contributed by atoms with E-state index in [0.717, 1.165) is 25.3 Å². The van der Waals surface area contributed by atoms with Crippen LogP contribution in [0.2, 0.25) is 0 Å². The lowest BCUT2D eigenvalue weighted by Gasteiger charge is -2.16. The van der Waals surface area contributed by atoms with Crippen LogP contribution in [0.5, 0.6) is 0 Å². The fourth-order valence-electron chi connectivity index (χ4n) is 2.01. The molecule has 0 fully saturated rings. The zero-order valence-corrected chi connectivity index (χ0v) is 8.48. The maximum atomic E-state index is 4.39. The van der Waals surface area contributed by atoms with Crippen molar-refractivity contribution < 1.29 is 0 Å². The summed E-state index contributed by atoms with van der Waals surface area (Å²) in [7, 11) is 0. The first kappa shape index (κ1) is 8.53. The molecule has 3 heteroatoms. The van der Waals surface area contributed by atoms with Crippen molar-refractivity contribution in [2.24, 2.45) is 0 Å². The molecule has 0 amide bonds. The molecular formula is C12H13N3. The van der Waals surface area contributed by atoms with Gasteiger partial charge >= 0.3 is 0 Å². The number of hydrogen-bond acceptors (Lipinski definition) is 2. The van der Waals surface area contributed by atoms with E-state index in [2.05, 4.69) is 34.7 Å². The Balaban J connectivity index is 2.09. The standard InChI is InChI=1S/C12H13N3/c1-2-5-10(6-3-1)11-9-14-15-8-4-7-13-12(11)15/h1-3,5-6,9,13H,4,7-8H2. The van der Waals surface area contributed by atoms with Gasteiger partial charge in [0.25, 0.3) is 0 Å². The lowest BCUT2D eigenvalue weighted by atomic mass is 10.1. The largest absolute Gasteiger partial charge is 0.370 e. The van der Waals surface area contributed by atoms with Crippen LogP contribution in [0.4, 0.5) is 5.82 Å². The van der Waals surface area contributed by atoms with Crippen LogP contribution in [0.1, 0.15) is 6.42 Å². The number of anilines is 1. The second-order valence-electron chi connectivity index (χ2n) is 3.78. The van der Waals surface area contributed by atoms with Gasteiger partial charge in [0.05, 0.1) is 6.20 Å². The Morgan fingerprint density at radius 2 is 2.07 bits per heavy atom. The van der Waals surface area contributed by atoms with Crippen LogP contribution < -0.4 is 5.32 Å². The van der Waals surface area contributed by atoms with E-state index >= 15 is 0 Å². The van der Waals surface area contributed by atoms with Crippen LogP contribution in [-0.4, -0.2) is 16.3 Å². The molecule has 0 radical (unpaired) electrons. The van der Waals surface area contributed by atoms with Crippen LogP contribution in [0, 0.1) is 0 Å². The summed E-state index contributed by atoms with van der Waals surface area (Å²) in [6.07, 6.45) is 3.10. The van der Waals surface area contributed by atoms with Gasteiger partial charge in [0, 0.05) is 18.7 Å². The second-order valence-corrected chi connectivity index (χ2v) is 3.78. The summed E-state index contributed by atoms with van der Waals surface area (Å²) in [4.78, 5) is 0. The van der Waals surface area contributed by atoms with Crippen LogP contribution in [0.3, 0.4) is 0 Å². The smallest absolute Gasteiger partial charge is 0.132 e. The topological polar surface area (TPSA) is 29.9 Å². The molecule has 1 aliphatic rings. The Morgan fingerprint density at radius 3 is 2.93 bits per heavy atom. The summed E-state index contributed by atoms with van der Waals surface area (Å²) >= 11 is 0. The predicted molar refractivity (Wildman–Crippen MR) is 60.8 cm³/mol. The number of rotatable bonds is 1. The summed E-state index contributed by atoms with van der Waals surface area (Å²) in [6, 6.07) is 10.4. The van der Waals surface area contributed by atoms with Gasteiger partial charge in [0.1, 0.15) is 5.82 Å². The summed E-state index contributed by atoms with van der Waals surface area (Å²) in [5, 5.41) is 7.80. The molecule has 0 unspecified atom stereocenters. The van der Waals surface area contributed by atoms with Crippen molar-refractivity contribution in [2.75, 3.05) is 11.9 Å². The fourth-order valence-corrected chi connectivity index (χ4v) is 2.01. The molecule has 1 N–H and O–H groups in total. The highest BCUT2D eigenvalue weighted by molar-refractivity contribution is 5.75. The molecule has 3 rings (SSSR count). The van der Waals surface area contributed by atoms with Gasteiger partial charge in [-0.25, -0.2) is 4.68 Å². The van der Waals surface area contributed by atoms with E-state index in [9.17, 15) is 0 Å². The van der Waals surface area contributed by atoms with E-state index < -0.39 is 0 Å². The third kappa shape index (κ3) is 1.40. The Kier molecular flexibility index (Phi) is 1.95. The highest BCUT2D eigenvalue weighted by Crippen LogP contribution is 2.29. The van der Waals surface area contributed by atoms with Crippen molar-refractivity contribution in [1.82, 2.24) is 9.78 Å². The first-order valence-electron chi connectivity index (χ1n) is 5.30. The molecule has 1 aromatic heterocycles. The van der Waals surface area contributed by atoms with Gasteiger partial charge in [-0.2, -0.15) is 5.10 Å². The Morgan fingerprint density at radius 1 is 1.20 bits per heavy atom. The first-order chi connectivity index (χ1) is 7.45. The van der Waals surface area contributed by atoms with E-state index in [1.807, 2.05) is 16.9 Å². The summed E-state index contributed by atoms with van der Waals surface area (Å²) in [5.41, 5.74) is 2.43. The lowest BCUT2D eigenvalue weighted by Crippen LogP contribution is -2.17. The molecule has 1 aliphatic heterocycles. The zero-order chi connectivity index (χ0) is 10.1. The van der Waals surface area contributed by atoms with E-state index in [1.165, 1.54) is 11.1 Å². The first-order valence-corrected chi connectivity index (χ1v) is 5.30. The number of aryl methyl sites for hydroxylation is 1. The Bertz CT molecular complexity index is 459. The van der Waals surface area contributed by atoms with Crippen molar-refractivity contribution in [1.29, 1.82) is 0 Å². The molecule has 1 aromatic carbocycles. The van der Waals surface area contributed by atoms with Crippen LogP contribution in [-0.2, 0) is 6.54 Å². The minimum absolute atomic E-state index is 1.02. The van der Waals surface area contributed by atoms with Crippen LogP contribution in [0.15, 0.2) is 36.5 Å². The van der Waals surface area contributed by atoms with E-state index in [4.69, 9.17) is 0 Å². The van der Waals surface area contributed by atoms with Gasteiger partial charge in [0.2, 0.25) is 0 Å². The molecule has 0 spiro atoms. The molecule has 2 aromatic rings. The minimum Gasteiger partial charge on any atom is -0.370 e. The average Bonchev–Trinajstić information content (AvgIpc) is 2.74. The van der Waals surface area contributed by atoms with E-state index in [1.54, 1.807) is 0 Å². The molecule has 2 heterocycles. The molecule has 0 saturated heterocycles. The van der Waals surface area contributed by atoms with Crippen molar-refractivity contribution in [3.63, 3.8) is 0 Å². The van der Waals surface area contributed by atoms with Gasteiger partial charge in [0.15, 0.2) is 0 Å². The zero-order valence-electron chi connectivity index (χ0n) is 8.48. The van der Waals surface area contributed by atoms with Crippen LogP contribution in [0.25, 0.3) is 11.1 Å². The predicted octanol–water partition coefficient (Wildman–Crippen LogP) is 2.37. The van der Waals surface area contributed by atoms with Crippen LogP contribution >= 0.6 is 0 Å². The average molecular weight is 199 g/mol. The van der Waals surface area contributed by atoms with Gasteiger partial charge in [-0.05, 0) is 12.0 Å². The number of nitrogens with one attached hydrogen (secondary N) is 1. The minimum atomic E-state index is 1.02. The molecule has 76 valence electrons. The lowest BCUT2D eigenvalue weighted by molar-refractivity contribution is 0.568. The van der Waals surface area contributed by atoms with E-state index in [0.29, 0.717) is 0 Å². The maximum absolute atomic E-state index is 4.39. The Labute approximate surface area is 88.7 Å². The summed E-state index contributed by atoms with van der Waals surface area (Å²) in [6.45, 7) is 2.07. The molecular weight excluding hydrogens is 186 g/mol. The van der Waals surface area contributed by atoms with Gasteiger partial charge in [-0.3, -0.25) is 0 Å². The molecule has 3 nitrogen and oxygen atoms in total. The van der Waals surface area contributed by atoms with Gasteiger partial charge < -0.3 is 5.32 Å². The second kappa shape index (κ2) is 3.42. The van der Waals surface area contributed by atoms with Crippen molar-refractivity contribution in [3.8, 4) is 11.1 Å². The molecule has 0 atom stereocenters. The highest BCUT2D eigenvalue weighted by atomic mass is 15.3. The molecule has 0 saturated carbocycles. The third-order valence-electron chi connectivity index (χ3n) is 2.76. The monoisotopic (exact) mass is 199 g/mol.